The summed E-state index contributed by atoms with van der Waals surface area (Å²) in [7, 11) is -7.36. The van der Waals surface area contributed by atoms with Gasteiger partial charge in [-0.1, -0.05) is 35.3 Å². The van der Waals surface area contributed by atoms with Gasteiger partial charge in [-0.3, -0.25) is 9.52 Å². The van der Waals surface area contributed by atoms with Crippen LogP contribution in [-0.2, 0) is 31.3 Å². The van der Waals surface area contributed by atoms with Crippen LogP contribution < -0.4 is 14.8 Å². The molecule has 2 N–H and O–H groups in total. The molecule has 1 saturated heterocycles. The second kappa shape index (κ2) is 12.6. The third kappa shape index (κ3) is 7.64. The molecule has 0 aromatic heterocycles. The van der Waals surface area contributed by atoms with Gasteiger partial charge in [0.15, 0.2) is 6.61 Å². The molecule has 9 nitrogen and oxygen atoms in total. The molecule has 4 rings (SSSR count). The number of ether oxygens (including phenoxy) is 1. The van der Waals surface area contributed by atoms with Crippen molar-refractivity contribution in [1.29, 1.82) is 0 Å². The molecule has 0 bridgehead atoms. The average Bonchev–Trinajstić information content (AvgIpc) is 3.46. The monoisotopic (exact) mass is 611 g/mol. The molecule has 1 aliphatic heterocycles. The minimum absolute atomic E-state index is 0.0331. The first kappa shape index (κ1) is 29.2. The number of hydrogen-bond acceptors (Lipinski definition) is 6. The molecule has 1 amide bonds. The second-order valence-electron chi connectivity index (χ2n) is 8.85. The van der Waals surface area contributed by atoms with Crippen LogP contribution in [0.2, 0.25) is 10.0 Å². The van der Waals surface area contributed by atoms with E-state index in [2.05, 4.69) is 10.0 Å². The topological polar surface area (TPSA) is 122 Å². The van der Waals surface area contributed by atoms with E-state index in [1.165, 1.54) is 34.6 Å². The fourth-order valence-corrected chi connectivity index (χ4v) is 6.97. The molecule has 0 saturated carbocycles. The summed E-state index contributed by atoms with van der Waals surface area (Å²) in [6.07, 6.45) is 2.26. The van der Waals surface area contributed by atoms with Crippen LogP contribution in [0.15, 0.2) is 76.5 Å². The smallest absolute Gasteiger partial charge is 0.261 e. The van der Waals surface area contributed by atoms with Gasteiger partial charge < -0.3 is 10.1 Å². The van der Waals surface area contributed by atoms with Crippen LogP contribution in [0.4, 0.5) is 5.69 Å². The van der Waals surface area contributed by atoms with Gasteiger partial charge in [0.1, 0.15) is 5.75 Å². The first-order valence-corrected chi connectivity index (χ1v) is 15.8. The zero-order valence-electron chi connectivity index (χ0n) is 20.8. The molecule has 1 aliphatic rings. The minimum Gasteiger partial charge on any atom is -0.482 e. The SMILES string of the molecule is O=C(COc1ccc(S(=O)(=O)Nc2ccc(Cl)cc2)cc1Cl)NCCc1ccc(S(=O)(=O)N2CCCC2)cc1. The molecular weight excluding hydrogens is 585 g/mol. The summed E-state index contributed by atoms with van der Waals surface area (Å²) < 4.78 is 59.9. The van der Waals surface area contributed by atoms with Crippen molar-refractivity contribution < 1.29 is 26.4 Å². The van der Waals surface area contributed by atoms with E-state index in [9.17, 15) is 21.6 Å². The number of nitrogens with one attached hydrogen (secondary N) is 2. The Labute approximate surface area is 238 Å². The van der Waals surface area contributed by atoms with Crippen molar-refractivity contribution in [3.05, 3.63) is 82.3 Å². The number of halogens is 2. The number of carbonyl (C=O) groups is 1. The van der Waals surface area contributed by atoms with Crippen LogP contribution in [0.3, 0.4) is 0 Å². The van der Waals surface area contributed by atoms with Crippen molar-refractivity contribution >= 4 is 54.8 Å². The normalized spacial score (nSPS) is 14.2. The zero-order chi connectivity index (χ0) is 28.0. The van der Waals surface area contributed by atoms with Crippen LogP contribution in [0.5, 0.6) is 5.75 Å². The molecule has 1 fully saturated rings. The predicted molar refractivity (Wildman–Crippen MR) is 150 cm³/mol. The molecule has 0 unspecified atom stereocenters. The summed E-state index contributed by atoms with van der Waals surface area (Å²) in [6.45, 7) is 1.10. The van der Waals surface area contributed by atoms with E-state index in [0.717, 1.165) is 18.4 Å². The van der Waals surface area contributed by atoms with E-state index in [1.54, 1.807) is 36.4 Å². The Morgan fingerprint density at radius 1 is 0.872 bits per heavy atom. The maximum absolute atomic E-state index is 12.6. The Balaban J connectivity index is 1.24. The van der Waals surface area contributed by atoms with Gasteiger partial charge in [0.05, 0.1) is 14.8 Å². The third-order valence-corrected chi connectivity index (χ3v) is 9.87. The first-order chi connectivity index (χ1) is 18.5. The summed E-state index contributed by atoms with van der Waals surface area (Å²) >= 11 is 12.0. The van der Waals surface area contributed by atoms with Crippen molar-refractivity contribution in [2.75, 3.05) is 31.0 Å². The molecule has 3 aromatic rings. The van der Waals surface area contributed by atoms with Crippen LogP contribution in [0, 0.1) is 0 Å². The number of benzene rings is 3. The summed E-state index contributed by atoms with van der Waals surface area (Å²) in [5, 5.41) is 3.24. The summed E-state index contributed by atoms with van der Waals surface area (Å²) in [6, 6.07) is 16.8. The highest BCUT2D eigenvalue weighted by molar-refractivity contribution is 7.92. The molecule has 13 heteroatoms. The number of rotatable bonds is 11. The highest BCUT2D eigenvalue weighted by atomic mass is 35.5. The van der Waals surface area contributed by atoms with E-state index in [1.807, 2.05) is 0 Å². The highest BCUT2D eigenvalue weighted by Crippen LogP contribution is 2.28. The molecule has 208 valence electrons. The average molecular weight is 613 g/mol. The van der Waals surface area contributed by atoms with E-state index >= 15 is 0 Å². The Hall–Kier alpha value is -2.83. The highest BCUT2D eigenvalue weighted by Gasteiger charge is 2.26. The Bertz CT molecular complexity index is 1520. The fraction of sp³-hybridized carbons (Fsp3) is 0.269. The Kier molecular flexibility index (Phi) is 9.39. The molecule has 0 spiro atoms. The molecule has 0 atom stereocenters. The number of sulfonamides is 2. The lowest BCUT2D eigenvalue weighted by molar-refractivity contribution is -0.123. The van der Waals surface area contributed by atoms with Gasteiger partial charge in [0, 0.05) is 30.3 Å². The zero-order valence-corrected chi connectivity index (χ0v) is 23.9. The van der Waals surface area contributed by atoms with Gasteiger partial charge in [-0.2, -0.15) is 4.31 Å². The van der Waals surface area contributed by atoms with E-state index in [0.29, 0.717) is 36.8 Å². The van der Waals surface area contributed by atoms with Gasteiger partial charge in [-0.05, 0) is 79.4 Å². The van der Waals surface area contributed by atoms with Crippen LogP contribution >= 0.6 is 23.2 Å². The molecule has 1 heterocycles. The van der Waals surface area contributed by atoms with Crippen molar-refractivity contribution in [2.24, 2.45) is 0 Å². The van der Waals surface area contributed by atoms with Gasteiger partial charge >= 0.3 is 0 Å². The number of nitrogens with zero attached hydrogens (tertiary/aromatic N) is 1. The van der Waals surface area contributed by atoms with Gasteiger partial charge in [-0.15, -0.1) is 0 Å². The maximum atomic E-state index is 12.6. The quantitative estimate of drug-likeness (QED) is 0.333. The maximum Gasteiger partial charge on any atom is 0.261 e. The van der Waals surface area contributed by atoms with Crippen molar-refractivity contribution in [2.45, 2.75) is 29.1 Å². The van der Waals surface area contributed by atoms with Crippen LogP contribution in [-0.4, -0.2) is 53.3 Å². The van der Waals surface area contributed by atoms with Gasteiger partial charge in [-0.25, -0.2) is 16.8 Å². The van der Waals surface area contributed by atoms with Crippen LogP contribution in [0.1, 0.15) is 18.4 Å². The van der Waals surface area contributed by atoms with Gasteiger partial charge in [0.2, 0.25) is 10.0 Å². The van der Waals surface area contributed by atoms with Crippen molar-refractivity contribution in [3.8, 4) is 5.75 Å². The van der Waals surface area contributed by atoms with E-state index in [4.69, 9.17) is 27.9 Å². The van der Waals surface area contributed by atoms with Crippen molar-refractivity contribution in [1.82, 2.24) is 9.62 Å². The number of carbonyl (C=O) groups excluding carboxylic acids is 1. The molecule has 39 heavy (non-hydrogen) atoms. The Morgan fingerprint density at radius 2 is 1.51 bits per heavy atom. The lowest BCUT2D eigenvalue weighted by atomic mass is 10.1. The standard InChI is InChI=1S/C26H27Cl2N3O6S2/c27-20-5-7-21(8-6-20)30-38(33,34)23-11-12-25(24(28)17-23)37-18-26(32)29-14-13-19-3-9-22(10-4-19)39(35,36)31-15-1-2-16-31/h3-12,17,30H,1-2,13-16,18H2,(H,29,32). The van der Waals surface area contributed by atoms with Gasteiger partial charge in [0.25, 0.3) is 15.9 Å². The van der Waals surface area contributed by atoms with Crippen molar-refractivity contribution in [3.63, 3.8) is 0 Å². The lowest BCUT2D eigenvalue weighted by Gasteiger charge is -2.15. The summed E-state index contributed by atoms with van der Waals surface area (Å²) in [5.41, 5.74) is 1.22. The fourth-order valence-electron chi connectivity index (χ4n) is 3.94. The summed E-state index contributed by atoms with van der Waals surface area (Å²) in [5.74, 6) is -0.229. The minimum atomic E-state index is -3.90. The third-order valence-electron chi connectivity index (χ3n) is 6.03. The molecule has 3 aromatic carbocycles. The molecular formula is C26H27Cl2N3O6S2. The lowest BCUT2D eigenvalue weighted by Crippen LogP contribution is -2.30. The number of amides is 1. The van der Waals surface area contributed by atoms with Crippen LogP contribution in [0.25, 0.3) is 0 Å². The number of hydrogen-bond donors (Lipinski definition) is 2. The summed E-state index contributed by atoms with van der Waals surface area (Å²) in [4.78, 5) is 12.4. The largest absolute Gasteiger partial charge is 0.482 e. The second-order valence-corrected chi connectivity index (χ2v) is 13.3. The Morgan fingerprint density at radius 3 is 2.15 bits per heavy atom. The molecule has 0 aliphatic carbocycles. The number of anilines is 1. The predicted octanol–water partition coefficient (Wildman–Crippen LogP) is 4.32. The van der Waals surface area contributed by atoms with E-state index < -0.39 is 20.0 Å². The first-order valence-electron chi connectivity index (χ1n) is 12.1. The molecule has 0 radical (unpaired) electrons. The van der Waals surface area contributed by atoms with E-state index in [-0.39, 0.29) is 33.1 Å².